The van der Waals surface area contributed by atoms with E-state index in [0.29, 0.717) is 0 Å². The van der Waals surface area contributed by atoms with E-state index in [-0.39, 0.29) is 59.1 Å². The molecule has 0 saturated heterocycles. The third-order valence-electron chi connectivity index (χ3n) is 0. The minimum absolute atomic E-state index is 0. The average Bonchev–Trinajstić information content (AvgIpc) is 0.811. The maximum Gasteiger partial charge on any atom is 0 e. The fourth-order valence-electron chi connectivity index (χ4n) is 0. The molecule has 3 nitrogen and oxygen atoms in total. The van der Waals surface area contributed by atoms with Gasteiger partial charge in [0.25, 0.3) is 0 Å². The van der Waals surface area contributed by atoms with Gasteiger partial charge >= 0.3 is 26.7 Å². The predicted molar refractivity (Wildman–Crippen MR) is 22.4 cm³/mol. The summed E-state index contributed by atoms with van der Waals surface area (Å²) in [4.78, 5) is 0. The summed E-state index contributed by atoms with van der Waals surface area (Å²) in [5.74, 6) is 0. The summed E-state index contributed by atoms with van der Waals surface area (Å²) < 4.78 is 23.1. The van der Waals surface area contributed by atoms with E-state index in [1.807, 2.05) is 0 Å². The van der Waals surface area contributed by atoms with Crippen LogP contribution in [-0.4, -0.2) is 82.0 Å². The molecule has 0 aromatic carbocycles. The Labute approximate surface area is 84.4 Å². The van der Waals surface area contributed by atoms with Gasteiger partial charge in [-0.2, -0.15) is 0 Å². The molecule has 0 aliphatic carbocycles. The molecule has 0 amide bonds. The molecule has 0 aromatic heterocycles. The quantitative estimate of drug-likeness (QED) is 0.404. The molecule has 0 heterocycles. The van der Waals surface area contributed by atoms with E-state index in [9.17, 15) is 0 Å². The fourth-order valence-corrected chi connectivity index (χ4v) is 0. The average molecular weight is 175 g/mol. The molecule has 28 valence electrons. The van der Waals surface area contributed by atoms with Crippen LogP contribution in [0.25, 0.3) is 0 Å². The summed E-state index contributed by atoms with van der Waals surface area (Å²) in [6.45, 7) is 0. The Bertz CT molecular complexity index is 31.8. The van der Waals surface area contributed by atoms with Crippen LogP contribution in [0.2, 0.25) is 0 Å². The Morgan fingerprint density at radius 3 is 1.17 bits per heavy atom. The van der Waals surface area contributed by atoms with E-state index in [0.717, 1.165) is 0 Å². The predicted octanol–water partition coefficient (Wildman–Crippen LogP) is -2.38. The second-order valence-corrected chi connectivity index (χ2v) is 1.20. The Morgan fingerprint density at radius 2 is 1.17 bits per heavy atom. The molecular weight excluding hydrogens is 173 g/mol. The van der Waals surface area contributed by atoms with Crippen molar-refractivity contribution in [3.05, 3.63) is 0 Å². The van der Waals surface area contributed by atoms with Crippen LogP contribution in [0.3, 0.4) is 0 Å². The Kier molecular flexibility index (Phi) is 26.9. The Hall–Kier alpha value is 2.24. The standard InChI is InChI=1S/2Na.H2O3Se/c;;1-4(2)3/h;;(H2,1,2,3). The molecule has 0 saturated carbocycles. The normalized spacial score (nSPS) is 5.83. The van der Waals surface area contributed by atoms with Crippen LogP contribution in [-0.2, 0) is 3.83 Å². The third kappa shape index (κ3) is 34.2. The first-order chi connectivity index (χ1) is 1.73. The zero-order chi connectivity index (χ0) is 3.58. The van der Waals surface area contributed by atoms with Gasteiger partial charge in [0.15, 0.2) is 0 Å². The van der Waals surface area contributed by atoms with E-state index < -0.39 is 14.5 Å². The summed E-state index contributed by atoms with van der Waals surface area (Å²) in [6.07, 6.45) is 0. The molecule has 0 rings (SSSR count). The van der Waals surface area contributed by atoms with Crippen molar-refractivity contribution in [1.82, 2.24) is 0 Å². The van der Waals surface area contributed by atoms with E-state index in [4.69, 9.17) is 12.2 Å². The first-order valence-corrected chi connectivity index (χ1v) is 2.76. The van der Waals surface area contributed by atoms with Crippen LogP contribution in [0, 0.1) is 0 Å². The molecule has 6 heavy (non-hydrogen) atoms. The summed E-state index contributed by atoms with van der Waals surface area (Å²) in [6, 6.07) is 0. The van der Waals surface area contributed by atoms with Gasteiger partial charge in [0.1, 0.15) is 0 Å². The van der Waals surface area contributed by atoms with Crippen molar-refractivity contribution in [3.63, 3.8) is 0 Å². The number of hydrogen-bond acceptors (Lipinski definition) is 1. The Morgan fingerprint density at radius 1 is 1.17 bits per heavy atom. The van der Waals surface area contributed by atoms with Crippen molar-refractivity contribution >= 4 is 73.6 Å². The Balaban J connectivity index is -0.0000000450. The minimum Gasteiger partial charge on any atom is 0 e. The smallest absolute Gasteiger partial charge is 0 e. The van der Waals surface area contributed by atoms with Gasteiger partial charge in [-0.15, -0.1) is 0 Å². The monoisotopic (exact) mass is 176 g/mol. The molecule has 0 unspecified atom stereocenters. The number of rotatable bonds is 0. The SMILES string of the molecule is O=[Se](O)O.[Na].[Na]. The van der Waals surface area contributed by atoms with Gasteiger partial charge in [0.05, 0.1) is 0 Å². The van der Waals surface area contributed by atoms with Gasteiger partial charge in [-0.25, -0.2) is 0 Å². The molecule has 0 spiro atoms. The first kappa shape index (κ1) is 15.7. The molecule has 0 bridgehead atoms. The van der Waals surface area contributed by atoms with E-state index in [1.54, 1.807) is 0 Å². The van der Waals surface area contributed by atoms with Crippen LogP contribution in [0.15, 0.2) is 0 Å². The van der Waals surface area contributed by atoms with Gasteiger partial charge in [-0.3, -0.25) is 0 Å². The zero-order valence-corrected chi connectivity index (χ0v) is 9.42. The largest absolute Gasteiger partial charge is 0 e. The van der Waals surface area contributed by atoms with E-state index in [1.165, 1.54) is 0 Å². The second-order valence-electron chi connectivity index (χ2n) is 0.231. The third-order valence-corrected chi connectivity index (χ3v) is 0. The molecular formula is H2Na2O3Se. The maximum absolute atomic E-state index is 8.76. The minimum atomic E-state index is -3.29. The summed E-state index contributed by atoms with van der Waals surface area (Å²) in [7, 11) is 0. The van der Waals surface area contributed by atoms with Gasteiger partial charge < -0.3 is 0 Å². The molecule has 6 heteroatoms. The topological polar surface area (TPSA) is 57.5 Å². The second kappa shape index (κ2) is 10.3. The molecule has 2 N–H and O–H groups in total. The van der Waals surface area contributed by atoms with Gasteiger partial charge in [0, 0.05) is 59.1 Å². The van der Waals surface area contributed by atoms with Gasteiger partial charge in [0.2, 0.25) is 0 Å². The van der Waals surface area contributed by atoms with E-state index in [2.05, 4.69) is 0 Å². The van der Waals surface area contributed by atoms with Crippen LogP contribution in [0.1, 0.15) is 0 Å². The van der Waals surface area contributed by atoms with Crippen molar-refractivity contribution in [3.8, 4) is 0 Å². The molecule has 0 aliphatic heterocycles. The first-order valence-electron chi connectivity index (χ1n) is 0.532. The van der Waals surface area contributed by atoms with Crippen LogP contribution in [0.5, 0.6) is 0 Å². The van der Waals surface area contributed by atoms with Crippen LogP contribution >= 0.6 is 0 Å². The fraction of sp³-hybridized carbons (Fsp3) is 0. The molecule has 0 aromatic rings. The van der Waals surface area contributed by atoms with E-state index >= 15 is 0 Å². The van der Waals surface area contributed by atoms with Crippen molar-refractivity contribution in [2.45, 2.75) is 0 Å². The van der Waals surface area contributed by atoms with Crippen molar-refractivity contribution in [2.75, 3.05) is 0 Å². The van der Waals surface area contributed by atoms with Crippen molar-refractivity contribution in [1.29, 1.82) is 0 Å². The number of hydrogen-bond donors (Lipinski definition) is 2. The van der Waals surface area contributed by atoms with Crippen molar-refractivity contribution < 1.29 is 12.2 Å². The van der Waals surface area contributed by atoms with Gasteiger partial charge in [-0.05, 0) is 0 Å². The molecule has 0 fully saturated rings. The molecule has 0 atom stereocenters. The summed E-state index contributed by atoms with van der Waals surface area (Å²) >= 11 is -3.29. The maximum atomic E-state index is 8.76. The van der Waals surface area contributed by atoms with Crippen LogP contribution < -0.4 is 0 Å². The van der Waals surface area contributed by atoms with Crippen LogP contribution in [0.4, 0.5) is 0 Å². The van der Waals surface area contributed by atoms with Gasteiger partial charge in [-0.1, -0.05) is 0 Å². The zero-order valence-electron chi connectivity index (χ0n) is 3.71. The molecule has 0 aliphatic rings. The van der Waals surface area contributed by atoms with Crippen molar-refractivity contribution in [2.24, 2.45) is 0 Å². The summed E-state index contributed by atoms with van der Waals surface area (Å²) in [5, 5.41) is 0. The summed E-state index contributed by atoms with van der Waals surface area (Å²) in [5.41, 5.74) is 0. The molecule has 2 radical (unpaired) electrons.